The molecule has 0 spiro atoms. The first kappa shape index (κ1) is 11.5. The number of hydrogen-bond donors (Lipinski definition) is 2. The van der Waals surface area contributed by atoms with Gasteiger partial charge in [-0.15, -0.1) is 0 Å². The number of carboxylic acid groups (broad SMARTS) is 1. The van der Waals surface area contributed by atoms with E-state index in [-0.39, 0.29) is 0 Å². The number of aromatic nitrogens is 2. The molecule has 0 radical (unpaired) electrons. The second-order valence-electron chi connectivity index (χ2n) is 4.45. The Morgan fingerprint density at radius 3 is 2.47 bits per heavy atom. The highest BCUT2D eigenvalue weighted by atomic mass is 16.4. The minimum absolute atomic E-state index is 0.294. The molecule has 4 nitrogen and oxygen atoms in total. The van der Waals surface area contributed by atoms with Gasteiger partial charge < -0.3 is 5.11 Å². The molecule has 0 saturated heterocycles. The largest absolute Gasteiger partial charge is 0.478 e. The summed E-state index contributed by atoms with van der Waals surface area (Å²) in [5.41, 5.74) is 4.27. The maximum Gasteiger partial charge on any atom is 0.335 e. The van der Waals surface area contributed by atoms with Crippen molar-refractivity contribution < 1.29 is 9.90 Å². The second kappa shape index (κ2) is 4.24. The SMILES string of the molecule is Cc1n[nH]c2cc(-c3ccc(C(=O)O)cc3)ccc12. The number of nitrogens with one attached hydrogen (secondary N) is 1. The molecule has 0 aliphatic rings. The van der Waals surface area contributed by atoms with E-state index in [1.54, 1.807) is 12.1 Å². The average molecular weight is 252 g/mol. The van der Waals surface area contributed by atoms with Crippen molar-refractivity contribution in [3.05, 3.63) is 53.7 Å². The normalized spacial score (nSPS) is 10.8. The smallest absolute Gasteiger partial charge is 0.335 e. The molecule has 0 fully saturated rings. The van der Waals surface area contributed by atoms with Gasteiger partial charge in [-0.25, -0.2) is 4.79 Å². The van der Waals surface area contributed by atoms with Crippen molar-refractivity contribution in [3.63, 3.8) is 0 Å². The number of aryl methyl sites for hydroxylation is 1. The van der Waals surface area contributed by atoms with Crippen LogP contribution in [0.3, 0.4) is 0 Å². The lowest BCUT2D eigenvalue weighted by Crippen LogP contribution is -1.94. The second-order valence-corrected chi connectivity index (χ2v) is 4.45. The lowest BCUT2D eigenvalue weighted by atomic mass is 10.0. The van der Waals surface area contributed by atoms with E-state index in [4.69, 9.17) is 5.11 Å². The first-order valence-corrected chi connectivity index (χ1v) is 5.93. The standard InChI is InChI=1S/C15H12N2O2/c1-9-13-7-6-12(8-14(13)17-16-9)10-2-4-11(5-3-10)15(18)19/h2-8H,1H3,(H,16,17)(H,18,19). The van der Waals surface area contributed by atoms with Crippen LogP contribution in [0.15, 0.2) is 42.5 Å². The van der Waals surface area contributed by atoms with Crippen molar-refractivity contribution in [2.24, 2.45) is 0 Å². The third kappa shape index (κ3) is 1.97. The van der Waals surface area contributed by atoms with Crippen molar-refractivity contribution in [3.8, 4) is 11.1 Å². The summed E-state index contributed by atoms with van der Waals surface area (Å²) in [7, 11) is 0. The van der Waals surface area contributed by atoms with Gasteiger partial charge in [0.15, 0.2) is 0 Å². The molecule has 2 aromatic carbocycles. The fraction of sp³-hybridized carbons (Fsp3) is 0.0667. The zero-order valence-corrected chi connectivity index (χ0v) is 10.3. The molecule has 2 N–H and O–H groups in total. The molecule has 0 amide bonds. The van der Waals surface area contributed by atoms with Crippen LogP contribution in [0.2, 0.25) is 0 Å². The number of aromatic carboxylic acids is 1. The number of carboxylic acids is 1. The Kier molecular flexibility index (Phi) is 2.56. The van der Waals surface area contributed by atoms with Gasteiger partial charge in [0.2, 0.25) is 0 Å². The van der Waals surface area contributed by atoms with Crippen molar-refractivity contribution in [2.45, 2.75) is 6.92 Å². The summed E-state index contributed by atoms with van der Waals surface area (Å²) in [4.78, 5) is 10.8. The fourth-order valence-electron chi connectivity index (χ4n) is 2.14. The van der Waals surface area contributed by atoms with E-state index in [0.717, 1.165) is 27.7 Å². The Morgan fingerprint density at radius 1 is 1.11 bits per heavy atom. The quantitative estimate of drug-likeness (QED) is 0.735. The molecule has 94 valence electrons. The maximum absolute atomic E-state index is 10.8. The van der Waals surface area contributed by atoms with Crippen LogP contribution >= 0.6 is 0 Å². The van der Waals surface area contributed by atoms with E-state index in [0.29, 0.717) is 5.56 Å². The molecule has 0 atom stereocenters. The predicted octanol–water partition coefficient (Wildman–Crippen LogP) is 3.24. The summed E-state index contributed by atoms with van der Waals surface area (Å²) in [5.74, 6) is -0.911. The molecule has 4 heteroatoms. The molecule has 0 saturated carbocycles. The number of nitrogens with zero attached hydrogens (tertiary/aromatic N) is 1. The fourth-order valence-corrected chi connectivity index (χ4v) is 2.14. The lowest BCUT2D eigenvalue weighted by Gasteiger charge is -2.02. The van der Waals surface area contributed by atoms with Crippen LogP contribution in [0.5, 0.6) is 0 Å². The zero-order valence-electron chi connectivity index (χ0n) is 10.3. The minimum atomic E-state index is -0.911. The van der Waals surface area contributed by atoms with Gasteiger partial charge in [-0.2, -0.15) is 5.10 Å². The molecular formula is C15H12N2O2. The Balaban J connectivity index is 2.05. The Morgan fingerprint density at radius 2 is 1.79 bits per heavy atom. The summed E-state index contributed by atoms with van der Waals surface area (Å²) in [5, 5.41) is 17.1. The van der Waals surface area contributed by atoms with E-state index in [1.807, 2.05) is 37.3 Å². The number of hydrogen-bond acceptors (Lipinski definition) is 2. The molecule has 0 unspecified atom stereocenters. The number of benzene rings is 2. The monoisotopic (exact) mass is 252 g/mol. The lowest BCUT2D eigenvalue weighted by molar-refractivity contribution is 0.0697. The number of H-pyrrole nitrogens is 1. The van der Waals surface area contributed by atoms with E-state index in [2.05, 4.69) is 10.2 Å². The molecule has 19 heavy (non-hydrogen) atoms. The number of carbonyl (C=O) groups is 1. The topological polar surface area (TPSA) is 66.0 Å². The highest BCUT2D eigenvalue weighted by Crippen LogP contribution is 2.25. The van der Waals surface area contributed by atoms with Crippen LogP contribution in [0.4, 0.5) is 0 Å². The molecule has 3 aromatic rings. The van der Waals surface area contributed by atoms with Gasteiger partial charge in [-0.1, -0.05) is 24.3 Å². The minimum Gasteiger partial charge on any atom is -0.478 e. The summed E-state index contributed by atoms with van der Waals surface area (Å²) in [6, 6.07) is 12.9. The molecule has 0 aliphatic carbocycles. The molecule has 1 heterocycles. The average Bonchev–Trinajstić information content (AvgIpc) is 2.80. The van der Waals surface area contributed by atoms with Gasteiger partial charge in [0.25, 0.3) is 0 Å². The molecule has 0 aliphatic heterocycles. The molecule has 1 aromatic heterocycles. The molecular weight excluding hydrogens is 240 g/mol. The maximum atomic E-state index is 10.8. The van der Waals surface area contributed by atoms with Crippen LogP contribution in [-0.2, 0) is 0 Å². The van der Waals surface area contributed by atoms with Gasteiger partial charge in [-0.05, 0) is 36.2 Å². The highest BCUT2D eigenvalue weighted by molar-refractivity contribution is 5.89. The van der Waals surface area contributed by atoms with Gasteiger partial charge in [-0.3, -0.25) is 5.10 Å². The number of fused-ring (bicyclic) bond motifs is 1. The van der Waals surface area contributed by atoms with Crippen LogP contribution in [0.1, 0.15) is 16.1 Å². The highest BCUT2D eigenvalue weighted by Gasteiger charge is 2.05. The van der Waals surface area contributed by atoms with Crippen LogP contribution in [-0.4, -0.2) is 21.3 Å². The summed E-state index contributed by atoms with van der Waals surface area (Å²) in [6.07, 6.45) is 0. The van der Waals surface area contributed by atoms with Gasteiger partial charge in [0.05, 0.1) is 16.8 Å². The summed E-state index contributed by atoms with van der Waals surface area (Å²) >= 11 is 0. The van der Waals surface area contributed by atoms with Crippen molar-refractivity contribution in [1.29, 1.82) is 0 Å². The Bertz CT molecular complexity index is 757. The van der Waals surface area contributed by atoms with E-state index >= 15 is 0 Å². The first-order chi connectivity index (χ1) is 9.15. The van der Waals surface area contributed by atoms with E-state index in [9.17, 15) is 4.79 Å². The summed E-state index contributed by atoms with van der Waals surface area (Å²) < 4.78 is 0. The number of aromatic amines is 1. The van der Waals surface area contributed by atoms with Gasteiger partial charge >= 0.3 is 5.97 Å². The third-order valence-electron chi connectivity index (χ3n) is 3.22. The van der Waals surface area contributed by atoms with Crippen molar-refractivity contribution >= 4 is 16.9 Å². The first-order valence-electron chi connectivity index (χ1n) is 5.93. The zero-order chi connectivity index (χ0) is 13.4. The van der Waals surface area contributed by atoms with Crippen molar-refractivity contribution in [2.75, 3.05) is 0 Å². The summed E-state index contributed by atoms with van der Waals surface area (Å²) in [6.45, 7) is 1.96. The Hall–Kier alpha value is -2.62. The van der Waals surface area contributed by atoms with Crippen LogP contribution in [0.25, 0.3) is 22.0 Å². The molecule has 3 rings (SSSR count). The van der Waals surface area contributed by atoms with Crippen LogP contribution in [0, 0.1) is 6.92 Å². The number of rotatable bonds is 2. The molecule has 0 bridgehead atoms. The third-order valence-corrected chi connectivity index (χ3v) is 3.22. The van der Waals surface area contributed by atoms with Gasteiger partial charge in [0.1, 0.15) is 0 Å². The van der Waals surface area contributed by atoms with Crippen molar-refractivity contribution in [1.82, 2.24) is 10.2 Å². The predicted molar refractivity (Wildman–Crippen MR) is 73.2 cm³/mol. The Labute approximate surface area is 109 Å². The van der Waals surface area contributed by atoms with E-state index in [1.165, 1.54) is 0 Å². The van der Waals surface area contributed by atoms with E-state index < -0.39 is 5.97 Å². The van der Waals surface area contributed by atoms with Gasteiger partial charge in [0, 0.05) is 5.39 Å². The van der Waals surface area contributed by atoms with Crippen LogP contribution < -0.4 is 0 Å².